The molecule has 0 aromatic heterocycles. The van der Waals surface area contributed by atoms with Gasteiger partial charge >= 0.3 is 0 Å². The van der Waals surface area contributed by atoms with Gasteiger partial charge in [0.25, 0.3) is 0 Å². The monoisotopic (exact) mass is 271 g/mol. The standard InChI is InChI=1S/C17H25N3/c1-12-6-5-7-14(8-12)20-15(18)19-11-17(20)10-16(3,4)9-13(17)2/h5-8,13H,9-11H2,1-4H3,(H2,18,19). The average molecular weight is 271 g/mol. The van der Waals surface area contributed by atoms with E-state index < -0.39 is 0 Å². The molecule has 0 saturated heterocycles. The highest BCUT2D eigenvalue weighted by Crippen LogP contribution is 2.53. The van der Waals surface area contributed by atoms with Crippen LogP contribution in [0.5, 0.6) is 0 Å². The third kappa shape index (κ3) is 1.91. The van der Waals surface area contributed by atoms with Crippen molar-refractivity contribution in [1.82, 2.24) is 0 Å². The molecule has 1 aromatic rings. The molecular weight excluding hydrogens is 246 g/mol. The van der Waals surface area contributed by atoms with Crippen molar-refractivity contribution >= 4 is 11.6 Å². The summed E-state index contributed by atoms with van der Waals surface area (Å²) in [6.07, 6.45) is 2.39. The number of nitrogens with zero attached hydrogens (tertiary/aromatic N) is 2. The highest BCUT2D eigenvalue weighted by atomic mass is 15.4. The number of anilines is 1. The summed E-state index contributed by atoms with van der Waals surface area (Å²) in [5.74, 6) is 1.28. The maximum atomic E-state index is 6.24. The second-order valence-corrected chi connectivity index (χ2v) is 7.40. The smallest absolute Gasteiger partial charge is 0.196 e. The van der Waals surface area contributed by atoms with Crippen LogP contribution in [0.25, 0.3) is 0 Å². The summed E-state index contributed by atoms with van der Waals surface area (Å²) < 4.78 is 0. The van der Waals surface area contributed by atoms with Gasteiger partial charge in [0.05, 0.1) is 12.1 Å². The molecule has 3 nitrogen and oxygen atoms in total. The summed E-state index contributed by atoms with van der Waals surface area (Å²) >= 11 is 0. The third-order valence-corrected chi connectivity index (χ3v) is 5.01. The summed E-state index contributed by atoms with van der Waals surface area (Å²) in [7, 11) is 0. The maximum absolute atomic E-state index is 6.24. The zero-order valence-electron chi connectivity index (χ0n) is 13.0. The molecule has 3 heteroatoms. The molecule has 3 rings (SSSR count). The van der Waals surface area contributed by atoms with Gasteiger partial charge in [-0.1, -0.05) is 32.9 Å². The average Bonchev–Trinajstić information content (AvgIpc) is 2.77. The summed E-state index contributed by atoms with van der Waals surface area (Å²) in [5.41, 5.74) is 9.13. The number of aliphatic imine (C=N–C) groups is 1. The molecule has 0 amide bonds. The summed E-state index contributed by atoms with van der Waals surface area (Å²) in [5, 5.41) is 0. The fourth-order valence-corrected chi connectivity index (χ4v) is 4.35. The lowest BCUT2D eigenvalue weighted by Crippen LogP contribution is -2.54. The summed E-state index contributed by atoms with van der Waals surface area (Å²) in [6, 6.07) is 8.60. The maximum Gasteiger partial charge on any atom is 0.196 e. The van der Waals surface area contributed by atoms with E-state index in [0.29, 0.717) is 17.3 Å². The van der Waals surface area contributed by atoms with Gasteiger partial charge in [-0.2, -0.15) is 0 Å². The first-order valence-corrected chi connectivity index (χ1v) is 7.51. The van der Waals surface area contributed by atoms with Gasteiger partial charge < -0.3 is 10.6 Å². The zero-order chi connectivity index (χ0) is 14.5. The van der Waals surface area contributed by atoms with Gasteiger partial charge in [0.15, 0.2) is 5.96 Å². The Morgan fingerprint density at radius 1 is 1.35 bits per heavy atom. The van der Waals surface area contributed by atoms with Gasteiger partial charge in [0.2, 0.25) is 0 Å². The Morgan fingerprint density at radius 3 is 2.70 bits per heavy atom. The number of aryl methyl sites for hydroxylation is 1. The minimum absolute atomic E-state index is 0.0708. The van der Waals surface area contributed by atoms with E-state index >= 15 is 0 Å². The van der Waals surface area contributed by atoms with Crippen molar-refractivity contribution in [3.05, 3.63) is 29.8 Å². The van der Waals surface area contributed by atoms with Crippen molar-refractivity contribution in [1.29, 1.82) is 0 Å². The van der Waals surface area contributed by atoms with Crippen LogP contribution >= 0.6 is 0 Å². The van der Waals surface area contributed by atoms with E-state index in [1.807, 2.05) is 0 Å². The van der Waals surface area contributed by atoms with Crippen LogP contribution < -0.4 is 10.6 Å². The van der Waals surface area contributed by atoms with Crippen molar-refractivity contribution in [2.24, 2.45) is 22.1 Å². The molecule has 1 aromatic carbocycles. The Bertz CT molecular complexity index is 561. The first kappa shape index (κ1) is 13.5. The van der Waals surface area contributed by atoms with Crippen molar-refractivity contribution in [3.8, 4) is 0 Å². The molecule has 1 spiro atoms. The first-order valence-electron chi connectivity index (χ1n) is 7.51. The Morgan fingerprint density at radius 2 is 2.10 bits per heavy atom. The van der Waals surface area contributed by atoms with Crippen LogP contribution in [0.4, 0.5) is 5.69 Å². The molecule has 1 fully saturated rings. The van der Waals surface area contributed by atoms with Gasteiger partial charge in [-0.3, -0.25) is 4.99 Å². The van der Waals surface area contributed by atoms with Crippen molar-refractivity contribution < 1.29 is 0 Å². The molecule has 2 atom stereocenters. The minimum Gasteiger partial charge on any atom is -0.369 e. The fraction of sp³-hybridized carbons (Fsp3) is 0.588. The highest BCUT2D eigenvalue weighted by molar-refractivity contribution is 5.98. The zero-order valence-corrected chi connectivity index (χ0v) is 13.0. The predicted octanol–water partition coefficient (Wildman–Crippen LogP) is 3.32. The van der Waals surface area contributed by atoms with Crippen LogP contribution in [0.2, 0.25) is 0 Å². The molecule has 108 valence electrons. The molecule has 0 bridgehead atoms. The quantitative estimate of drug-likeness (QED) is 0.851. The van der Waals surface area contributed by atoms with Crippen molar-refractivity contribution in [3.63, 3.8) is 0 Å². The van der Waals surface area contributed by atoms with Crippen LogP contribution in [-0.2, 0) is 0 Å². The predicted molar refractivity (Wildman–Crippen MR) is 85.1 cm³/mol. The number of nitrogens with two attached hydrogens (primary N) is 1. The van der Waals surface area contributed by atoms with Gasteiger partial charge in [-0.15, -0.1) is 0 Å². The summed E-state index contributed by atoms with van der Waals surface area (Å²) in [4.78, 5) is 6.90. The van der Waals surface area contributed by atoms with Gasteiger partial charge in [0, 0.05) is 5.69 Å². The molecule has 2 unspecified atom stereocenters. The second kappa shape index (κ2) is 4.24. The Hall–Kier alpha value is -1.51. The third-order valence-electron chi connectivity index (χ3n) is 5.01. The molecule has 0 radical (unpaired) electrons. The molecule has 1 aliphatic carbocycles. The minimum atomic E-state index is 0.0708. The van der Waals surface area contributed by atoms with E-state index in [2.05, 4.69) is 61.9 Å². The number of benzene rings is 1. The van der Waals surface area contributed by atoms with Gasteiger partial charge in [-0.05, 0) is 48.8 Å². The van der Waals surface area contributed by atoms with E-state index in [0.717, 1.165) is 13.0 Å². The van der Waals surface area contributed by atoms with Crippen LogP contribution in [0, 0.1) is 18.3 Å². The fourth-order valence-electron chi connectivity index (χ4n) is 4.35. The highest BCUT2D eigenvalue weighted by Gasteiger charge is 2.55. The molecule has 2 N–H and O–H groups in total. The first-order chi connectivity index (χ1) is 9.34. The van der Waals surface area contributed by atoms with Crippen molar-refractivity contribution in [2.75, 3.05) is 11.4 Å². The van der Waals surface area contributed by atoms with E-state index in [4.69, 9.17) is 5.73 Å². The van der Waals surface area contributed by atoms with Gasteiger partial charge in [-0.25, -0.2) is 0 Å². The molecular formula is C17H25N3. The van der Waals surface area contributed by atoms with E-state index in [-0.39, 0.29) is 5.54 Å². The van der Waals surface area contributed by atoms with E-state index in [1.165, 1.54) is 17.7 Å². The largest absolute Gasteiger partial charge is 0.369 e. The van der Waals surface area contributed by atoms with Crippen molar-refractivity contribution in [2.45, 2.75) is 46.1 Å². The number of hydrogen-bond acceptors (Lipinski definition) is 3. The normalized spacial score (nSPS) is 31.9. The van der Waals surface area contributed by atoms with E-state index in [9.17, 15) is 0 Å². The van der Waals surface area contributed by atoms with Crippen LogP contribution in [0.1, 0.15) is 39.2 Å². The van der Waals surface area contributed by atoms with Crippen LogP contribution in [0.15, 0.2) is 29.3 Å². The van der Waals surface area contributed by atoms with E-state index in [1.54, 1.807) is 0 Å². The molecule has 1 aliphatic heterocycles. The van der Waals surface area contributed by atoms with Gasteiger partial charge in [0.1, 0.15) is 0 Å². The Kier molecular flexibility index (Phi) is 2.86. The molecule has 20 heavy (non-hydrogen) atoms. The molecule has 2 aliphatic rings. The summed E-state index contributed by atoms with van der Waals surface area (Å²) in [6.45, 7) is 10.0. The Labute approximate surface area is 121 Å². The molecule has 1 saturated carbocycles. The lowest BCUT2D eigenvalue weighted by molar-refractivity contribution is 0.341. The topological polar surface area (TPSA) is 41.6 Å². The molecule has 1 heterocycles. The second-order valence-electron chi connectivity index (χ2n) is 7.40. The lowest BCUT2D eigenvalue weighted by atomic mass is 9.85. The Balaban J connectivity index is 2.05. The SMILES string of the molecule is Cc1cccc(N2C(N)=NCC23CC(C)(C)CC3C)c1. The number of guanidine groups is 1. The van der Waals surface area contributed by atoms with Crippen LogP contribution in [0.3, 0.4) is 0 Å². The van der Waals surface area contributed by atoms with Crippen LogP contribution in [-0.4, -0.2) is 18.0 Å². The number of hydrogen-bond donors (Lipinski definition) is 1. The lowest BCUT2D eigenvalue weighted by Gasteiger charge is -2.40. The number of rotatable bonds is 1.